The number of rotatable bonds is 4. The van der Waals surface area contributed by atoms with Gasteiger partial charge in [0.15, 0.2) is 0 Å². The number of benzene rings is 1. The van der Waals surface area contributed by atoms with Gasteiger partial charge in [-0.25, -0.2) is 8.42 Å². The molecule has 0 spiro atoms. The van der Waals surface area contributed by atoms with Gasteiger partial charge in [-0.2, -0.15) is 13.2 Å². The normalized spacial score (nSPS) is 13.8. The van der Waals surface area contributed by atoms with Gasteiger partial charge in [-0.05, 0) is 25.1 Å². The van der Waals surface area contributed by atoms with Gasteiger partial charge in [0, 0.05) is 16.7 Å². The Kier molecular flexibility index (Phi) is 5.51. The molecular weight excluding hydrogens is 354 g/mol. The lowest BCUT2D eigenvalue weighted by Gasteiger charge is -2.16. The number of alkyl halides is 3. The molecule has 1 aromatic carbocycles. The van der Waals surface area contributed by atoms with Gasteiger partial charge < -0.3 is 5.32 Å². The van der Waals surface area contributed by atoms with E-state index in [9.17, 15) is 26.4 Å². The fraction of sp³-hybridized carbons (Fsp3) is 0.364. The Morgan fingerprint density at radius 3 is 2.43 bits per heavy atom. The second-order valence-corrected chi connectivity index (χ2v) is 7.25. The summed E-state index contributed by atoms with van der Waals surface area (Å²) in [5.74, 6) is -0.918. The molecule has 0 saturated carbocycles. The molecule has 1 amide bonds. The highest BCUT2D eigenvalue weighted by molar-refractivity contribution is 8.13. The molecule has 0 aliphatic carbocycles. The third kappa shape index (κ3) is 5.72. The van der Waals surface area contributed by atoms with E-state index in [-0.39, 0.29) is 15.5 Å². The van der Waals surface area contributed by atoms with Gasteiger partial charge in [0.25, 0.3) is 15.0 Å². The maximum absolute atomic E-state index is 12.2. The van der Waals surface area contributed by atoms with E-state index in [0.29, 0.717) is 0 Å². The second kappa shape index (κ2) is 6.41. The van der Waals surface area contributed by atoms with Crippen molar-refractivity contribution in [2.45, 2.75) is 30.5 Å². The van der Waals surface area contributed by atoms with E-state index in [1.165, 1.54) is 6.92 Å². The standard InChI is InChI=1S/C11H10Cl2F3NO3S/c1-6(5-11(14,15)16)17-10(18)8-4-7(21(13,19)20)2-3-9(8)12/h2-4,6H,5H2,1H3,(H,17,18). The summed E-state index contributed by atoms with van der Waals surface area (Å²) in [6.07, 6.45) is -5.65. The van der Waals surface area contributed by atoms with Crippen molar-refractivity contribution in [1.29, 1.82) is 0 Å². The monoisotopic (exact) mass is 363 g/mol. The van der Waals surface area contributed by atoms with Crippen LogP contribution in [-0.4, -0.2) is 26.5 Å². The molecule has 0 saturated heterocycles. The molecule has 10 heteroatoms. The molecule has 0 bridgehead atoms. The third-order valence-electron chi connectivity index (χ3n) is 2.38. The molecule has 21 heavy (non-hydrogen) atoms. The molecule has 0 aliphatic rings. The first-order valence-electron chi connectivity index (χ1n) is 5.52. The third-order valence-corrected chi connectivity index (χ3v) is 4.06. The molecule has 0 fully saturated rings. The molecule has 0 aromatic heterocycles. The van der Waals surface area contributed by atoms with Crippen molar-refractivity contribution in [3.8, 4) is 0 Å². The van der Waals surface area contributed by atoms with Crippen LogP contribution in [0.4, 0.5) is 13.2 Å². The SMILES string of the molecule is CC(CC(F)(F)F)NC(=O)c1cc(S(=O)(=O)Cl)ccc1Cl. The van der Waals surface area contributed by atoms with E-state index < -0.39 is 33.6 Å². The number of carbonyl (C=O) groups excluding carboxylic acids is 1. The Bertz CT molecular complexity index is 647. The van der Waals surface area contributed by atoms with E-state index in [2.05, 4.69) is 5.32 Å². The number of nitrogens with one attached hydrogen (secondary N) is 1. The quantitative estimate of drug-likeness (QED) is 0.834. The summed E-state index contributed by atoms with van der Waals surface area (Å²) in [6.45, 7) is 1.17. The number of hydrogen-bond donors (Lipinski definition) is 1. The Morgan fingerprint density at radius 2 is 1.95 bits per heavy atom. The Balaban J connectivity index is 2.98. The average Bonchev–Trinajstić information content (AvgIpc) is 2.24. The van der Waals surface area contributed by atoms with Crippen LogP contribution in [-0.2, 0) is 9.05 Å². The van der Waals surface area contributed by atoms with Crippen LogP contribution in [0, 0.1) is 0 Å². The molecule has 0 heterocycles. The summed E-state index contributed by atoms with van der Waals surface area (Å²) < 4.78 is 58.9. The first-order chi connectivity index (χ1) is 9.40. The van der Waals surface area contributed by atoms with E-state index in [1.54, 1.807) is 0 Å². The highest BCUT2D eigenvalue weighted by Crippen LogP contribution is 2.24. The van der Waals surface area contributed by atoms with Gasteiger partial charge in [-0.15, -0.1) is 0 Å². The van der Waals surface area contributed by atoms with E-state index in [4.69, 9.17) is 22.3 Å². The van der Waals surface area contributed by atoms with Crippen molar-refractivity contribution in [3.05, 3.63) is 28.8 Å². The van der Waals surface area contributed by atoms with E-state index in [1.807, 2.05) is 0 Å². The number of amides is 1. The molecule has 118 valence electrons. The lowest BCUT2D eigenvalue weighted by molar-refractivity contribution is -0.138. The maximum atomic E-state index is 12.2. The summed E-state index contributed by atoms with van der Waals surface area (Å²) in [4.78, 5) is 11.5. The molecule has 1 N–H and O–H groups in total. The van der Waals surface area contributed by atoms with Crippen LogP contribution in [0.2, 0.25) is 5.02 Å². The Labute approximate surface area is 128 Å². The average molecular weight is 364 g/mol. The lowest BCUT2D eigenvalue weighted by Crippen LogP contribution is -2.36. The fourth-order valence-electron chi connectivity index (χ4n) is 1.53. The highest BCUT2D eigenvalue weighted by atomic mass is 35.7. The van der Waals surface area contributed by atoms with Gasteiger partial charge in [-0.3, -0.25) is 4.79 Å². The lowest BCUT2D eigenvalue weighted by atomic mass is 10.1. The molecule has 1 atom stereocenters. The molecule has 0 radical (unpaired) electrons. The van der Waals surface area contributed by atoms with Crippen molar-refractivity contribution in [2.24, 2.45) is 0 Å². The van der Waals surface area contributed by atoms with Crippen molar-refractivity contribution in [1.82, 2.24) is 5.32 Å². The zero-order chi connectivity index (χ0) is 16.4. The molecule has 0 aliphatic heterocycles. The highest BCUT2D eigenvalue weighted by Gasteiger charge is 2.31. The van der Waals surface area contributed by atoms with Crippen molar-refractivity contribution >= 4 is 37.2 Å². The first-order valence-corrected chi connectivity index (χ1v) is 8.20. The van der Waals surface area contributed by atoms with Gasteiger partial charge in [0.05, 0.1) is 21.9 Å². The van der Waals surface area contributed by atoms with E-state index >= 15 is 0 Å². The minimum Gasteiger partial charge on any atom is -0.349 e. The Morgan fingerprint density at radius 1 is 1.38 bits per heavy atom. The number of hydrogen-bond acceptors (Lipinski definition) is 3. The van der Waals surface area contributed by atoms with Crippen LogP contribution in [0.15, 0.2) is 23.1 Å². The Hall–Kier alpha value is -0.990. The second-order valence-electron chi connectivity index (χ2n) is 4.27. The summed E-state index contributed by atoms with van der Waals surface area (Å²) in [5, 5.41) is 1.99. The van der Waals surface area contributed by atoms with E-state index in [0.717, 1.165) is 18.2 Å². The van der Waals surface area contributed by atoms with Crippen LogP contribution >= 0.6 is 22.3 Å². The van der Waals surface area contributed by atoms with Crippen LogP contribution < -0.4 is 5.32 Å². The van der Waals surface area contributed by atoms with Gasteiger partial charge in [0.2, 0.25) is 0 Å². The topological polar surface area (TPSA) is 63.2 Å². The van der Waals surface area contributed by atoms with Crippen LogP contribution in [0.1, 0.15) is 23.7 Å². The molecule has 1 aromatic rings. The smallest absolute Gasteiger partial charge is 0.349 e. The molecule has 4 nitrogen and oxygen atoms in total. The zero-order valence-electron chi connectivity index (χ0n) is 10.5. The summed E-state index contributed by atoms with van der Waals surface area (Å²) in [5.41, 5.74) is -0.271. The fourth-order valence-corrected chi connectivity index (χ4v) is 2.51. The largest absolute Gasteiger partial charge is 0.391 e. The minimum atomic E-state index is -4.43. The van der Waals surface area contributed by atoms with Crippen LogP contribution in [0.5, 0.6) is 0 Å². The van der Waals surface area contributed by atoms with Crippen LogP contribution in [0.3, 0.4) is 0 Å². The number of carbonyl (C=O) groups is 1. The van der Waals surface area contributed by atoms with Crippen molar-refractivity contribution in [2.75, 3.05) is 0 Å². The zero-order valence-corrected chi connectivity index (χ0v) is 12.9. The van der Waals surface area contributed by atoms with Gasteiger partial charge >= 0.3 is 6.18 Å². The predicted octanol–water partition coefficient (Wildman–Crippen LogP) is 3.34. The predicted molar refractivity (Wildman–Crippen MR) is 72.1 cm³/mol. The first kappa shape index (κ1) is 18.1. The summed E-state index contributed by atoms with van der Waals surface area (Å²) in [6, 6.07) is 1.92. The number of halogens is 5. The summed E-state index contributed by atoms with van der Waals surface area (Å²) >= 11 is 5.74. The molecule has 1 unspecified atom stereocenters. The van der Waals surface area contributed by atoms with Crippen LogP contribution in [0.25, 0.3) is 0 Å². The molecular formula is C11H10Cl2F3NO3S. The molecule has 1 rings (SSSR count). The summed E-state index contributed by atoms with van der Waals surface area (Å²) in [7, 11) is 1.05. The van der Waals surface area contributed by atoms with Gasteiger partial charge in [-0.1, -0.05) is 11.6 Å². The van der Waals surface area contributed by atoms with Crippen molar-refractivity contribution in [3.63, 3.8) is 0 Å². The van der Waals surface area contributed by atoms with Gasteiger partial charge in [0.1, 0.15) is 0 Å². The maximum Gasteiger partial charge on any atom is 0.391 e. The van der Waals surface area contributed by atoms with Crippen molar-refractivity contribution < 1.29 is 26.4 Å². The minimum absolute atomic E-state index is 0.101.